The average Bonchev–Trinajstić information content (AvgIpc) is 3.07. The lowest BCUT2D eigenvalue weighted by molar-refractivity contribution is 0.174. The third-order valence-electron chi connectivity index (χ3n) is 4.94. The molecule has 2 aromatic rings. The van der Waals surface area contributed by atoms with E-state index in [0.29, 0.717) is 5.75 Å². The van der Waals surface area contributed by atoms with Crippen molar-refractivity contribution in [3.05, 3.63) is 63.1 Å². The van der Waals surface area contributed by atoms with Crippen LogP contribution in [0.5, 0.6) is 11.5 Å². The molecule has 2 amide bonds. The van der Waals surface area contributed by atoms with E-state index in [1.54, 1.807) is 0 Å². The molecule has 0 spiro atoms. The van der Waals surface area contributed by atoms with E-state index < -0.39 is 0 Å². The summed E-state index contributed by atoms with van der Waals surface area (Å²) in [6, 6.07) is 11.7. The molecule has 0 saturated heterocycles. The highest BCUT2D eigenvalue weighted by Crippen LogP contribution is 2.44. The van der Waals surface area contributed by atoms with Crippen molar-refractivity contribution in [2.75, 3.05) is 6.79 Å². The van der Waals surface area contributed by atoms with Gasteiger partial charge >= 0.3 is 6.03 Å². The van der Waals surface area contributed by atoms with Gasteiger partial charge in [-0.15, -0.1) is 0 Å². The molecule has 2 heterocycles. The van der Waals surface area contributed by atoms with E-state index in [-0.39, 0.29) is 18.9 Å². The fraction of sp³-hybridized carbons (Fsp3) is 0.211. The van der Waals surface area contributed by atoms with Gasteiger partial charge in [0.2, 0.25) is 6.79 Å². The zero-order valence-corrected chi connectivity index (χ0v) is 14.9. The molecule has 5 nitrogen and oxygen atoms in total. The van der Waals surface area contributed by atoms with Crippen molar-refractivity contribution >= 4 is 27.7 Å². The topological polar surface area (TPSA) is 59.6 Å². The van der Waals surface area contributed by atoms with Crippen LogP contribution in [0.15, 0.2) is 46.4 Å². The zero-order valence-electron chi connectivity index (χ0n) is 13.3. The summed E-state index contributed by atoms with van der Waals surface area (Å²) in [5, 5.41) is 6.06. The largest absolute Gasteiger partial charge is 0.454 e. The zero-order chi connectivity index (χ0) is 17.0. The maximum Gasteiger partial charge on any atom is 0.320 e. The van der Waals surface area contributed by atoms with Gasteiger partial charge in [-0.25, -0.2) is 4.79 Å². The molecule has 0 bridgehead atoms. The Kier molecular flexibility index (Phi) is 3.28. The molecular formula is C19H15BrN2O3. The Morgan fingerprint density at radius 1 is 1.08 bits per heavy atom. The van der Waals surface area contributed by atoms with E-state index in [9.17, 15) is 4.79 Å². The summed E-state index contributed by atoms with van der Waals surface area (Å²) >= 11 is 3.62. The smallest absolute Gasteiger partial charge is 0.320 e. The Labute approximate surface area is 153 Å². The number of nitrogens with one attached hydrogen (secondary N) is 2. The Morgan fingerprint density at radius 3 is 2.76 bits per heavy atom. The third-order valence-corrected chi connectivity index (χ3v) is 5.62. The predicted octanol–water partition coefficient (Wildman–Crippen LogP) is 3.89. The number of urea groups is 1. The second-order valence-electron chi connectivity index (χ2n) is 6.32. The van der Waals surface area contributed by atoms with Crippen molar-refractivity contribution in [2.24, 2.45) is 0 Å². The Morgan fingerprint density at radius 2 is 1.88 bits per heavy atom. The van der Waals surface area contributed by atoms with Gasteiger partial charge in [0.05, 0.1) is 11.7 Å². The Hall–Kier alpha value is -2.47. The van der Waals surface area contributed by atoms with E-state index >= 15 is 0 Å². The van der Waals surface area contributed by atoms with Gasteiger partial charge in [-0.05, 0) is 41.7 Å². The number of hydrogen-bond acceptors (Lipinski definition) is 3. The second-order valence-corrected chi connectivity index (χ2v) is 7.17. The number of hydrogen-bond donors (Lipinski definition) is 2. The minimum absolute atomic E-state index is 0.190. The van der Waals surface area contributed by atoms with Crippen molar-refractivity contribution in [3.63, 3.8) is 0 Å². The van der Waals surface area contributed by atoms with Crippen LogP contribution in [0.25, 0.3) is 5.70 Å². The molecule has 0 aromatic heterocycles. The summed E-state index contributed by atoms with van der Waals surface area (Å²) < 4.78 is 11.8. The average molecular weight is 399 g/mol. The first-order chi connectivity index (χ1) is 12.2. The number of benzene rings is 2. The summed E-state index contributed by atoms with van der Waals surface area (Å²) in [6.45, 7) is 0.227. The SMILES string of the molecule is O=C1NC2=C(CCc3ccccc32)C(c2cc3c(cc2Br)OCO3)N1. The van der Waals surface area contributed by atoms with E-state index in [2.05, 4.69) is 38.7 Å². The standard InChI is InChI=1S/C19H15BrN2O3/c20-14-8-16-15(24-9-25-16)7-13(14)18-12-6-5-10-3-1-2-4-11(10)17(12)21-19(23)22-18/h1-4,7-8,18H,5-6,9H2,(H2,21,22,23). The van der Waals surface area contributed by atoms with Crippen LogP contribution in [0.1, 0.15) is 29.2 Å². The number of ether oxygens (including phenoxy) is 2. The van der Waals surface area contributed by atoms with E-state index in [0.717, 1.165) is 39.9 Å². The molecule has 0 radical (unpaired) electrons. The van der Waals surface area contributed by atoms with Gasteiger partial charge in [0.1, 0.15) is 0 Å². The van der Waals surface area contributed by atoms with Crippen molar-refractivity contribution in [3.8, 4) is 11.5 Å². The van der Waals surface area contributed by atoms with Crippen LogP contribution in [-0.2, 0) is 6.42 Å². The first kappa shape index (κ1) is 14.8. The number of carbonyl (C=O) groups excluding carboxylic acids is 1. The lowest BCUT2D eigenvalue weighted by atomic mass is 9.83. The van der Waals surface area contributed by atoms with Crippen LogP contribution in [0.4, 0.5) is 4.79 Å². The van der Waals surface area contributed by atoms with Gasteiger partial charge in [0.25, 0.3) is 0 Å². The highest BCUT2D eigenvalue weighted by molar-refractivity contribution is 9.10. The highest BCUT2D eigenvalue weighted by atomic mass is 79.9. The number of fused-ring (bicyclic) bond motifs is 3. The maximum absolute atomic E-state index is 12.3. The molecule has 1 aliphatic carbocycles. The summed E-state index contributed by atoms with van der Waals surface area (Å²) in [7, 11) is 0. The monoisotopic (exact) mass is 398 g/mol. The fourth-order valence-electron chi connectivity index (χ4n) is 3.77. The number of aryl methyl sites for hydroxylation is 1. The van der Waals surface area contributed by atoms with Crippen LogP contribution in [-0.4, -0.2) is 12.8 Å². The van der Waals surface area contributed by atoms with E-state index in [4.69, 9.17) is 9.47 Å². The molecule has 6 heteroatoms. The fourth-order valence-corrected chi connectivity index (χ4v) is 4.32. The molecule has 2 aromatic carbocycles. The summed E-state index contributed by atoms with van der Waals surface area (Å²) in [5.41, 5.74) is 5.48. The van der Waals surface area contributed by atoms with Crippen molar-refractivity contribution in [1.82, 2.24) is 10.6 Å². The van der Waals surface area contributed by atoms with Crippen molar-refractivity contribution in [2.45, 2.75) is 18.9 Å². The normalized spacial score (nSPS) is 20.5. The van der Waals surface area contributed by atoms with E-state index in [1.165, 1.54) is 11.1 Å². The first-order valence-corrected chi connectivity index (χ1v) is 8.98. The number of amides is 2. The Bertz CT molecular complexity index is 938. The van der Waals surface area contributed by atoms with Crippen molar-refractivity contribution in [1.29, 1.82) is 0 Å². The molecule has 2 aliphatic heterocycles. The molecule has 3 aliphatic rings. The van der Waals surface area contributed by atoms with Crippen LogP contribution >= 0.6 is 15.9 Å². The minimum Gasteiger partial charge on any atom is -0.454 e. The molecule has 25 heavy (non-hydrogen) atoms. The van der Waals surface area contributed by atoms with E-state index in [1.807, 2.05) is 24.3 Å². The van der Waals surface area contributed by atoms with Gasteiger partial charge in [-0.1, -0.05) is 40.2 Å². The predicted molar refractivity (Wildman–Crippen MR) is 96.4 cm³/mol. The van der Waals surface area contributed by atoms with Crippen LogP contribution in [0, 0.1) is 0 Å². The molecule has 1 atom stereocenters. The second kappa shape index (κ2) is 5.52. The van der Waals surface area contributed by atoms with Gasteiger partial charge in [-0.3, -0.25) is 0 Å². The number of halogens is 1. The van der Waals surface area contributed by atoms with Crippen LogP contribution in [0.3, 0.4) is 0 Å². The molecule has 5 rings (SSSR count). The highest BCUT2D eigenvalue weighted by Gasteiger charge is 2.33. The number of rotatable bonds is 1. The summed E-state index contributed by atoms with van der Waals surface area (Å²) in [5.74, 6) is 1.43. The third kappa shape index (κ3) is 2.32. The quantitative estimate of drug-likeness (QED) is 0.765. The molecular weight excluding hydrogens is 384 g/mol. The van der Waals surface area contributed by atoms with Gasteiger partial charge in [0.15, 0.2) is 11.5 Å². The number of carbonyl (C=O) groups is 1. The van der Waals surface area contributed by atoms with Crippen molar-refractivity contribution < 1.29 is 14.3 Å². The van der Waals surface area contributed by atoms with Crippen LogP contribution in [0.2, 0.25) is 0 Å². The Balaban J connectivity index is 1.66. The molecule has 126 valence electrons. The minimum atomic E-state index is -0.194. The molecule has 2 N–H and O–H groups in total. The maximum atomic E-state index is 12.3. The lowest BCUT2D eigenvalue weighted by Crippen LogP contribution is -2.44. The first-order valence-electron chi connectivity index (χ1n) is 8.18. The summed E-state index contributed by atoms with van der Waals surface area (Å²) in [4.78, 5) is 12.3. The molecule has 0 fully saturated rings. The lowest BCUT2D eigenvalue weighted by Gasteiger charge is -2.34. The summed E-state index contributed by atoms with van der Waals surface area (Å²) in [6.07, 6.45) is 1.86. The van der Waals surface area contributed by atoms with Gasteiger partial charge in [0, 0.05) is 10.0 Å². The van der Waals surface area contributed by atoms with Gasteiger partial charge < -0.3 is 20.1 Å². The molecule has 0 saturated carbocycles. The molecule has 1 unspecified atom stereocenters. The van der Waals surface area contributed by atoms with Crippen LogP contribution < -0.4 is 20.1 Å². The van der Waals surface area contributed by atoms with Gasteiger partial charge in [-0.2, -0.15) is 0 Å².